The van der Waals surface area contributed by atoms with Crippen molar-refractivity contribution in [2.45, 2.75) is 31.8 Å². The molecule has 2 aromatic rings. The monoisotopic (exact) mass is 332 g/mol. The smallest absolute Gasteiger partial charge is 0.337 e. The highest BCUT2D eigenvalue weighted by Gasteiger charge is 2.30. The van der Waals surface area contributed by atoms with Gasteiger partial charge in [0.1, 0.15) is 0 Å². The molecule has 24 heavy (non-hydrogen) atoms. The Hall–Kier alpha value is -2.67. The SMILES string of the molecule is CC(O)(CNC(=O)CCCc1ncc(-c2ccccc2)o1)C(=O)O. The first kappa shape index (κ1) is 17.7. The van der Waals surface area contributed by atoms with Gasteiger partial charge in [-0.3, -0.25) is 4.79 Å². The average molecular weight is 332 g/mol. The van der Waals surface area contributed by atoms with Crippen molar-refractivity contribution in [3.05, 3.63) is 42.4 Å². The first-order valence-electron chi connectivity index (χ1n) is 7.61. The number of oxazole rings is 1. The van der Waals surface area contributed by atoms with Crippen molar-refractivity contribution in [3.8, 4) is 11.3 Å². The quantitative estimate of drug-likeness (QED) is 0.677. The summed E-state index contributed by atoms with van der Waals surface area (Å²) in [5.74, 6) is -0.492. The number of carbonyl (C=O) groups is 2. The number of rotatable bonds is 8. The van der Waals surface area contributed by atoms with Crippen molar-refractivity contribution in [2.24, 2.45) is 0 Å². The van der Waals surface area contributed by atoms with Crippen LogP contribution in [-0.4, -0.2) is 39.2 Å². The minimum atomic E-state index is -1.97. The predicted octanol–water partition coefficient (Wildman–Crippen LogP) is 1.62. The Labute approximate surface area is 139 Å². The summed E-state index contributed by atoms with van der Waals surface area (Å²) in [5, 5.41) is 20.7. The molecule has 1 aromatic heterocycles. The number of carboxylic acids is 1. The molecule has 2 rings (SSSR count). The van der Waals surface area contributed by atoms with Gasteiger partial charge in [-0.2, -0.15) is 0 Å². The number of amides is 1. The second-order valence-electron chi connectivity index (χ2n) is 5.69. The average Bonchev–Trinajstić information content (AvgIpc) is 3.03. The van der Waals surface area contributed by atoms with E-state index >= 15 is 0 Å². The molecule has 0 spiro atoms. The molecule has 1 aromatic carbocycles. The number of carbonyl (C=O) groups excluding carboxylic acids is 1. The van der Waals surface area contributed by atoms with Crippen molar-refractivity contribution in [3.63, 3.8) is 0 Å². The van der Waals surface area contributed by atoms with E-state index in [2.05, 4.69) is 10.3 Å². The van der Waals surface area contributed by atoms with E-state index in [9.17, 15) is 14.7 Å². The number of nitrogens with zero attached hydrogens (tertiary/aromatic N) is 1. The Kier molecular flexibility index (Phi) is 5.70. The van der Waals surface area contributed by atoms with Crippen LogP contribution in [0, 0.1) is 0 Å². The van der Waals surface area contributed by atoms with E-state index in [4.69, 9.17) is 9.52 Å². The molecule has 0 bridgehead atoms. The molecule has 7 heteroatoms. The van der Waals surface area contributed by atoms with Gasteiger partial charge in [-0.15, -0.1) is 0 Å². The van der Waals surface area contributed by atoms with E-state index in [-0.39, 0.29) is 18.9 Å². The largest absolute Gasteiger partial charge is 0.479 e. The van der Waals surface area contributed by atoms with Gasteiger partial charge in [0.15, 0.2) is 17.3 Å². The predicted molar refractivity (Wildman–Crippen MR) is 86.1 cm³/mol. The van der Waals surface area contributed by atoms with Gasteiger partial charge in [-0.25, -0.2) is 9.78 Å². The Morgan fingerprint density at radius 2 is 2.00 bits per heavy atom. The molecule has 1 amide bonds. The molecule has 1 atom stereocenters. The zero-order valence-corrected chi connectivity index (χ0v) is 13.4. The summed E-state index contributed by atoms with van der Waals surface area (Å²) in [6.07, 6.45) is 2.85. The highest BCUT2D eigenvalue weighted by molar-refractivity contribution is 5.80. The summed E-state index contributed by atoms with van der Waals surface area (Å²) in [6, 6.07) is 9.58. The van der Waals surface area contributed by atoms with Crippen molar-refractivity contribution in [1.82, 2.24) is 10.3 Å². The summed E-state index contributed by atoms with van der Waals surface area (Å²) >= 11 is 0. The lowest BCUT2D eigenvalue weighted by atomic mass is 10.1. The van der Waals surface area contributed by atoms with Gasteiger partial charge in [-0.1, -0.05) is 30.3 Å². The maximum absolute atomic E-state index is 11.7. The standard InChI is InChI=1S/C17H20N2O5/c1-17(23,16(21)22)11-19-14(20)8-5-9-15-18-10-13(24-15)12-6-3-2-4-7-12/h2-4,6-7,10,23H,5,8-9,11H2,1H3,(H,19,20)(H,21,22). The second kappa shape index (κ2) is 7.74. The molecule has 0 aliphatic heterocycles. The summed E-state index contributed by atoms with van der Waals surface area (Å²) in [7, 11) is 0. The molecular weight excluding hydrogens is 312 g/mol. The Morgan fingerprint density at radius 1 is 1.29 bits per heavy atom. The van der Waals surface area contributed by atoms with Gasteiger partial charge in [0.25, 0.3) is 0 Å². The summed E-state index contributed by atoms with van der Waals surface area (Å²) in [5.41, 5.74) is -1.03. The third-order valence-corrected chi connectivity index (χ3v) is 3.50. The minimum absolute atomic E-state index is 0.193. The first-order valence-corrected chi connectivity index (χ1v) is 7.61. The van der Waals surface area contributed by atoms with E-state index in [1.165, 1.54) is 0 Å². The van der Waals surface area contributed by atoms with Crippen LogP contribution in [0.2, 0.25) is 0 Å². The molecule has 0 saturated heterocycles. The third-order valence-electron chi connectivity index (χ3n) is 3.50. The van der Waals surface area contributed by atoms with Gasteiger partial charge in [0.05, 0.1) is 12.7 Å². The fourth-order valence-corrected chi connectivity index (χ4v) is 2.00. The summed E-state index contributed by atoms with van der Waals surface area (Å²) in [6.45, 7) is 0.797. The number of aryl methyl sites for hydroxylation is 1. The maximum atomic E-state index is 11.7. The fraction of sp³-hybridized carbons (Fsp3) is 0.353. The molecule has 0 aliphatic rings. The number of aliphatic hydroxyl groups is 1. The van der Waals surface area contributed by atoms with E-state index < -0.39 is 11.6 Å². The van der Waals surface area contributed by atoms with Gasteiger partial charge in [0.2, 0.25) is 5.91 Å². The van der Waals surface area contributed by atoms with Gasteiger partial charge in [-0.05, 0) is 13.3 Å². The van der Waals surface area contributed by atoms with E-state index in [1.54, 1.807) is 6.20 Å². The van der Waals surface area contributed by atoms with Gasteiger partial charge >= 0.3 is 5.97 Å². The lowest BCUT2D eigenvalue weighted by Crippen LogP contribution is -2.46. The summed E-state index contributed by atoms with van der Waals surface area (Å²) in [4.78, 5) is 26.6. The molecule has 0 saturated carbocycles. The van der Waals surface area contributed by atoms with Crippen molar-refractivity contribution in [1.29, 1.82) is 0 Å². The topological polar surface area (TPSA) is 113 Å². The molecule has 0 aliphatic carbocycles. The lowest BCUT2D eigenvalue weighted by molar-refractivity contribution is -0.156. The van der Waals surface area contributed by atoms with Crippen LogP contribution in [0.5, 0.6) is 0 Å². The molecule has 0 radical (unpaired) electrons. The minimum Gasteiger partial charge on any atom is -0.479 e. The number of carboxylic acid groups (broad SMARTS) is 1. The van der Waals surface area contributed by atoms with Gasteiger partial charge in [0, 0.05) is 18.4 Å². The maximum Gasteiger partial charge on any atom is 0.337 e. The van der Waals surface area contributed by atoms with Crippen LogP contribution in [0.1, 0.15) is 25.7 Å². The molecular formula is C17H20N2O5. The molecule has 0 fully saturated rings. The molecule has 7 nitrogen and oxygen atoms in total. The zero-order valence-electron chi connectivity index (χ0n) is 13.4. The van der Waals surface area contributed by atoms with E-state index in [1.807, 2.05) is 30.3 Å². The van der Waals surface area contributed by atoms with Crippen LogP contribution in [-0.2, 0) is 16.0 Å². The van der Waals surface area contributed by atoms with Gasteiger partial charge < -0.3 is 19.9 Å². The number of hydrogen-bond acceptors (Lipinski definition) is 5. The molecule has 3 N–H and O–H groups in total. The summed E-state index contributed by atoms with van der Waals surface area (Å²) < 4.78 is 5.64. The fourth-order valence-electron chi connectivity index (χ4n) is 2.00. The molecule has 1 unspecified atom stereocenters. The van der Waals surface area contributed by atoms with Crippen LogP contribution in [0.4, 0.5) is 0 Å². The Morgan fingerprint density at radius 3 is 2.67 bits per heavy atom. The van der Waals surface area contributed by atoms with Crippen molar-refractivity contribution < 1.29 is 24.2 Å². The Balaban J connectivity index is 1.76. The zero-order chi connectivity index (χ0) is 17.6. The lowest BCUT2D eigenvalue weighted by Gasteiger charge is -2.18. The van der Waals surface area contributed by atoms with Crippen molar-refractivity contribution >= 4 is 11.9 Å². The molecule has 128 valence electrons. The molecule has 1 heterocycles. The highest BCUT2D eigenvalue weighted by Crippen LogP contribution is 2.20. The van der Waals surface area contributed by atoms with Crippen LogP contribution >= 0.6 is 0 Å². The van der Waals surface area contributed by atoms with Crippen LogP contribution < -0.4 is 5.32 Å². The van der Waals surface area contributed by atoms with Crippen LogP contribution in [0.25, 0.3) is 11.3 Å². The number of aromatic nitrogens is 1. The third kappa shape index (κ3) is 4.92. The second-order valence-corrected chi connectivity index (χ2v) is 5.69. The number of benzene rings is 1. The van der Waals surface area contributed by atoms with Crippen LogP contribution in [0.15, 0.2) is 40.9 Å². The van der Waals surface area contributed by atoms with Crippen LogP contribution in [0.3, 0.4) is 0 Å². The Bertz CT molecular complexity index is 694. The normalized spacial score (nSPS) is 13.2. The number of aliphatic carboxylic acids is 1. The van der Waals surface area contributed by atoms with E-state index in [0.717, 1.165) is 12.5 Å². The first-order chi connectivity index (χ1) is 11.4. The van der Waals surface area contributed by atoms with E-state index in [0.29, 0.717) is 24.5 Å². The number of nitrogens with one attached hydrogen (secondary N) is 1. The number of hydrogen-bond donors (Lipinski definition) is 3. The van der Waals surface area contributed by atoms with Crippen molar-refractivity contribution in [2.75, 3.05) is 6.54 Å². The highest BCUT2D eigenvalue weighted by atomic mass is 16.4.